The van der Waals surface area contributed by atoms with E-state index in [9.17, 15) is 8.42 Å². The van der Waals surface area contributed by atoms with Crippen molar-refractivity contribution in [3.63, 3.8) is 0 Å². The molecule has 0 unspecified atom stereocenters. The average molecular weight is 324 g/mol. The fourth-order valence-corrected chi connectivity index (χ4v) is 3.03. The molecule has 0 fully saturated rings. The van der Waals surface area contributed by atoms with E-state index in [4.69, 9.17) is 9.26 Å². The van der Waals surface area contributed by atoms with Gasteiger partial charge in [0, 0.05) is 18.9 Å². The first-order chi connectivity index (χ1) is 10.2. The quantitative estimate of drug-likeness (QED) is 0.840. The normalized spacial score (nSPS) is 12.6. The van der Waals surface area contributed by atoms with Crippen LogP contribution in [0.2, 0.25) is 0 Å². The van der Waals surface area contributed by atoms with Crippen LogP contribution in [0, 0.1) is 0 Å². The van der Waals surface area contributed by atoms with E-state index in [0.717, 1.165) is 5.56 Å². The number of aryl methyl sites for hydroxylation is 1. The molecular formula is C15H20N2O4S. The molecule has 0 saturated heterocycles. The van der Waals surface area contributed by atoms with Crippen LogP contribution in [0.15, 0.2) is 27.6 Å². The third-order valence-electron chi connectivity index (χ3n) is 3.57. The standard InChI is InChI=1S/C15H20N2O4S/c1-6-10-7-8-11(9-12(10)22(5,18)19)13-16-14(17-21-13)15(2,3)20-4/h7-9H,6H2,1-5H3. The molecule has 0 aliphatic heterocycles. The second-order valence-corrected chi connectivity index (χ2v) is 7.57. The zero-order valence-electron chi connectivity index (χ0n) is 13.4. The molecular weight excluding hydrogens is 304 g/mol. The molecule has 1 heterocycles. The number of rotatable bonds is 5. The van der Waals surface area contributed by atoms with Crippen LogP contribution in [-0.2, 0) is 26.6 Å². The Balaban J connectivity index is 2.51. The number of aromatic nitrogens is 2. The third-order valence-corrected chi connectivity index (χ3v) is 4.75. The van der Waals surface area contributed by atoms with Crippen LogP contribution in [0.3, 0.4) is 0 Å². The number of hydrogen-bond donors (Lipinski definition) is 0. The van der Waals surface area contributed by atoms with Gasteiger partial charge in [-0.15, -0.1) is 0 Å². The molecule has 2 aromatic rings. The van der Waals surface area contributed by atoms with Gasteiger partial charge < -0.3 is 9.26 Å². The van der Waals surface area contributed by atoms with Gasteiger partial charge in [0.25, 0.3) is 5.89 Å². The van der Waals surface area contributed by atoms with Crippen molar-refractivity contribution in [2.24, 2.45) is 0 Å². The largest absolute Gasteiger partial charge is 0.371 e. The van der Waals surface area contributed by atoms with Crippen LogP contribution >= 0.6 is 0 Å². The number of hydrogen-bond acceptors (Lipinski definition) is 6. The lowest BCUT2D eigenvalue weighted by atomic mass is 10.1. The SMILES string of the molecule is CCc1ccc(-c2nc(C(C)(C)OC)no2)cc1S(C)(=O)=O. The average Bonchev–Trinajstić information content (AvgIpc) is 2.96. The van der Waals surface area contributed by atoms with Crippen LogP contribution in [-0.4, -0.2) is 31.9 Å². The maximum absolute atomic E-state index is 11.9. The van der Waals surface area contributed by atoms with E-state index in [-0.39, 0.29) is 5.89 Å². The molecule has 1 aromatic heterocycles. The summed E-state index contributed by atoms with van der Waals surface area (Å²) in [6.45, 7) is 5.56. The van der Waals surface area contributed by atoms with E-state index < -0.39 is 15.4 Å². The number of ether oxygens (including phenoxy) is 1. The highest BCUT2D eigenvalue weighted by atomic mass is 32.2. The maximum atomic E-state index is 11.9. The lowest BCUT2D eigenvalue weighted by Crippen LogP contribution is -2.21. The molecule has 7 heteroatoms. The van der Waals surface area contributed by atoms with Crippen LogP contribution in [0.4, 0.5) is 0 Å². The first-order valence-corrected chi connectivity index (χ1v) is 8.81. The lowest BCUT2D eigenvalue weighted by molar-refractivity contribution is 0.00973. The smallest absolute Gasteiger partial charge is 0.258 e. The Morgan fingerprint density at radius 3 is 2.55 bits per heavy atom. The Labute approximate surface area is 130 Å². The van der Waals surface area contributed by atoms with Gasteiger partial charge in [-0.3, -0.25) is 0 Å². The first-order valence-electron chi connectivity index (χ1n) is 6.91. The molecule has 0 bridgehead atoms. The van der Waals surface area contributed by atoms with Gasteiger partial charge in [0.15, 0.2) is 9.84 Å². The van der Waals surface area contributed by atoms with Gasteiger partial charge in [0.1, 0.15) is 5.60 Å². The molecule has 0 amide bonds. The lowest BCUT2D eigenvalue weighted by Gasteiger charge is -2.17. The Bertz CT molecular complexity index is 779. The fraction of sp³-hybridized carbons (Fsp3) is 0.467. The predicted octanol–water partition coefficient (Wildman–Crippen LogP) is 2.58. The van der Waals surface area contributed by atoms with Crippen LogP contribution < -0.4 is 0 Å². The number of methoxy groups -OCH3 is 1. The Hall–Kier alpha value is -1.73. The molecule has 6 nitrogen and oxygen atoms in total. The van der Waals surface area contributed by atoms with Crippen LogP contribution in [0.1, 0.15) is 32.2 Å². The van der Waals surface area contributed by atoms with Gasteiger partial charge in [0.2, 0.25) is 5.82 Å². The summed E-state index contributed by atoms with van der Waals surface area (Å²) in [5, 5.41) is 3.91. The summed E-state index contributed by atoms with van der Waals surface area (Å²) in [6.07, 6.45) is 1.83. The van der Waals surface area contributed by atoms with Crippen molar-refractivity contribution in [1.29, 1.82) is 0 Å². The van der Waals surface area contributed by atoms with Gasteiger partial charge in [-0.25, -0.2) is 8.42 Å². The fourth-order valence-electron chi connectivity index (χ4n) is 2.00. The summed E-state index contributed by atoms with van der Waals surface area (Å²) in [4.78, 5) is 4.59. The van der Waals surface area contributed by atoms with Crippen molar-refractivity contribution < 1.29 is 17.7 Å². The minimum Gasteiger partial charge on any atom is -0.371 e. The van der Waals surface area contributed by atoms with Gasteiger partial charge >= 0.3 is 0 Å². The van der Waals surface area contributed by atoms with Gasteiger partial charge in [-0.2, -0.15) is 4.98 Å². The zero-order valence-corrected chi connectivity index (χ0v) is 14.2. The Kier molecular flexibility index (Phi) is 4.39. The van der Waals surface area contributed by atoms with E-state index in [2.05, 4.69) is 10.1 Å². The second kappa shape index (κ2) is 5.81. The topological polar surface area (TPSA) is 82.3 Å². The van der Waals surface area contributed by atoms with Crippen molar-refractivity contribution in [3.8, 4) is 11.5 Å². The summed E-state index contributed by atoms with van der Waals surface area (Å²) in [5.41, 5.74) is 0.664. The molecule has 0 spiro atoms. The van der Waals surface area contributed by atoms with Crippen LogP contribution in [0.5, 0.6) is 0 Å². The van der Waals surface area contributed by atoms with Crippen molar-refractivity contribution in [2.75, 3.05) is 13.4 Å². The highest BCUT2D eigenvalue weighted by Gasteiger charge is 2.27. The summed E-state index contributed by atoms with van der Waals surface area (Å²) >= 11 is 0. The van der Waals surface area contributed by atoms with E-state index in [0.29, 0.717) is 22.7 Å². The molecule has 2 rings (SSSR count). The van der Waals surface area contributed by atoms with E-state index in [1.807, 2.05) is 20.8 Å². The van der Waals surface area contributed by atoms with Gasteiger partial charge in [0.05, 0.1) is 4.90 Å². The Morgan fingerprint density at radius 1 is 1.32 bits per heavy atom. The number of benzene rings is 1. The molecule has 120 valence electrons. The van der Waals surface area contributed by atoms with Crippen molar-refractivity contribution in [2.45, 2.75) is 37.7 Å². The summed E-state index contributed by atoms with van der Waals surface area (Å²) in [5.74, 6) is 0.679. The summed E-state index contributed by atoms with van der Waals surface area (Å²) < 4.78 is 34.4. The molecule has 0 atom stereocenters. The molecule has 0 aliphatic rings. The molecule has 0 radical (unpaired) electrons. The van der Waals surface area contributed by atoms with E-state index in [1.54, 1.807) is 25.3 Å². The molecule has 0 saturated carbocycles. The maximum Gasteiger partial charge on any atom is 0.258 e. The van der Waals surface area contributed by atoms with Crippen LogP contribution in [0.25, 0.3) is 11.5 Å². The Morgan fingerprint density at radius 2 is 2.00 bits per heavy atom. The van der Waals surface area contributed by atoms with E-state index in [1.165, 1.54) is 6.26 Å². The molecule has 0 N–H and O–H groups in total. The molecule has 1 aromatic carbocycles. The third kappa shape index (κ3) is 3.20. The monoisotopic (exact) mass is 324 g/mol. The van der Waals surface area contributed by atoms with E-state index >= 15 is 0 Å². The number of nitrogens with zero attached hydrogens (tertiary/aromatic N) is 2. The highest BCUT2D eigenvalue weighted by Crippen LogP contribution is 2.27. The summed E-state index contributed by atoms with van der Waals surface area (Å²) in [6, 6.07) is 5.13. The molecule has 0 aliphatic carbocycles. The number of sulfone groups is 1. The first kappa shape index (κ1) is 16.6. The highest BCUT2D eigenvalue weighted by molar-refractivity contribution is 7.90. The minimum atomic E-state index is -3.32. The minimum absolute atomic E-state index is 0.271. The van der Waals surface area contributed by atoms with Gasteiger partial charge in [-0.05, 0) is 38.0 Å². The zero-order chi connectivity index (χ0) is 16.5. The molecule has 22 heavy (non-hydrogen) atoms. The second-order valence-electron chi connectivity index (χ2n) is 5.59. The van der Waals surface area contributed by atoms with Gasteiger partial charge in [-0.1, -0.05) is 18.1 Å². The van der Waals surface area contributed by atoms with Crippen molar-refractivity contribution in [1.82, 2.24) is 10.1 Å². The van der Waals surface area contributed by atoms with Crippen molar-refractivity contribution >= 4 is 9.84 Å². The summed E-state index contributed by atoms with van der Waals surface area (Å²) in [7, 11) is -1.75. The predicted molar refractivity (Wildman–Crippen MR) is 82.3 cm³/mol. The van der Waals surface area contributed by atoms with Crippen molar-refractivity contribution in [3.05, 3.63) is 29.6 Å².